The number of nitrogens with one attached hydrogen (secondary N) is 1. The fourth-order valence-corrected chi connectivity index (χ4v) is 4.25. The summed E-state index contributed by atoms with van der Waals surface area (Å²) in [4.78, 5) is 10.9. The van der Waals surface area contributed by atoms with E-state index < -0.39 is 11.6 Å². The minimum Gasteiger partial charge on any atom is -0.379 e. The Labute approximate surface area is 184 Å². The number of hydrogen-bond acceptors (Lipinski definition) is 4. The van der Waals surface area contributed by atoms with E-state index in [1.165, 1.54) is 32.1 Å². The zero-order valence-corrected chi connectivity index (χ0v) is 18.0. The molecule has 2 aromatic rings. The van der Waals surface area contributed by atoms with Crippen LogP contribution in [0.25, 0.3) is 0 Å². The highest BCUT2D eigenvalue weighted by Gasteiger charge is 2.31. The second-order valence-electron chi connectivity index (χ2n) is 8.22. The molecule has 0 spiro atoms. The van der Waals surface area contributed by atoms with E-state index in [1.807, 2.05) is 60.7 Å². The van der Waals surface area contributed by atoms with Crippen LogP contribution in [0.4, 0.5) is 4.79 Å². The summed E-state index contributed by atoms with van der Waals surface area (Å²) in [6, 6.07) is 17.7. The van der Waals surface area contributed by atoms with Crippen molar-refractivity contribution in [3.63, 3.8) is 0 Å². The first-order valence-corrected chi connectivity index (χ1v) is 11.2. The van der Waals surface area contributed by atoms with Crippen molar-refractivity contribution in [1.29, 1.82) is 0 Å². The molecule has 2 fully saturated rings. The molecule has 1 heterocycles. The zero-order chi connectivity index (χ0) is 21.9. The smallest absolute Gasteiger partial charge is 0.312 e. The van der Waals surface area contributed by atoms with Gasteiger partial charge >= 0.3 is 6.03 Å². The number of nitrogens with two attached hydrogens (primary N) is 1. The third kappa shape index (κ3) is 7.06. The van der Waals surface area contributed by atoms with E-state index in [0.717, 1.165) is 25.6 Å². The van der Waals surface area contributed by atoms with Crippen molar-refractivity contribution >= 4 is 6.03 Å². The van der Waals surface area contributed by atoms with Crippen LogP contribution in [0.2, 0.25) is 0 Å². The van der Waals surface area contributed by atoms with E-state index in [9.17, 15) is 9.90 Å². The monoisotopic (exact) mass is 426 g/mol. The number of carbonyl (C=O) groups excluding carboxylic acids is 1. The Balaban J connectivity index is 0.000000194. The molecule has 0 atom stereocenters. The molecule has 1 saturated heterocycles. The molecule has 6 heteroatoms. The maximum atomic E-state index is 10.9. The number of benzene rings is 2. The standard InChI is InChI=1S/C15H16N2O2.C10H18O2/c16-14(18)17-11-15(19,12-7-3-1-4-8-12)13-9-5-2-6-10-13;1-2-4-9(5-3-1)8-10-11-6-7-12-10/h1-10,19H,11H2,(H3,16,17,18);9-10H,1-8H2. The van der Waals surface area contributed by atoms with E-state index in [0.29, 0.717) is 11.1 Å². The lowest BCUT2D eigenvalue weighted by molar-refractivity contribution is -0.0596. The Hall–Kier alpha value is -2.41. The molecule has 2 aliphatic rings. The number of urea groups is 1. The van der Waals surface area contributed by atoms with E-state index in [4.69, 9.17) is 15.2 Å². The molecule has 0 bridgehead atoms. The molecule has 6 nitrogen and oxygen atoms in total. The third-order valence-corrected chi connectivity index (χ3v) is 5.96. The van der Waals surface area contributed by atoms with Gasteiger partial charge in [-0.25, -0.2) is 4.79 Å². The van der Waals surface area contributed by atoms with Crippen molar-refractivity contribution in [2.75, 3.05) is 19.8 Å². The predicted octanol–water partition coefficient (Wildman–Crippen LogP) is 3.92. The first-order chi connectivity index (χ1) is 15.1. The molecule has 1 aliphatic carbocycles. The number of primary amides is 1. The van der Waals surface area contributed by atoms with Crippen molar-refractivity contribution in [2.45, 2.75) is 50.4 Å². The molecule has 4 N–H and O–H groups in total. The Morgan fingerprint density at radius 3 is 1.94 bits per heavy atom. The van der Waals surface area contributed by atoms with Gasteiger partial charge in [0.05, 0.1) is 19.8 Å². The van der Waals surface area contributed by atoms with Gasteiger partial charge in [0.25, 0.3) is 0 Å². The largest absolute Gasteiger partial charge is 0.379 e. The molecule has 1 saturated carbocycles. The van der Waals surface area contributed by atoms with Gasteiger partial charge in [0.15, 0.2) is 6.29 Å². The fraction of sp³-hybridized carbons (Fsp3) is 0.480. The number of carbonyl (C=O) groups is 1. The van der Waals surface area contributed by atoms with Crippen LogP contribution in [0, 0.1) is 5.92 Å². The summed E-state index contributed by atoms with van der Waals surface area (Å²) in [7, 11) is 0. The van der Waals surface area contributed by atoms with E-state index in [-0.39, 0.29) is 12.8 Å². The van der Waals surface area contributed by atoms with E-state index in [2.05, 4.69) is 5.32 Å². The highest BCUT2D eigenvalue weighted by molar-refractivity contribution is 5.71. The lowest BCUT2D eigenvalue weighted by Crippen LogP contribution is -2.43. The van der Waals surface area contributed by atoms with Gasteiger partial charge in [-0.15, -0.1) is 0 Å². The average molecular weight is 427 g/mol. The van der Waals surface area contributed by atoms with Gasteiger partial charge < -0.3 is 25.6 Å². The SMILES string of the molecule is C1CCC(CC2OCCO2)CC1.NC(=O)NCC(O)(c1ccccc1)c1ccccc1. The van der Waals surface area contributed by atoms with E-state index >= 15 is 0 Å². The summed E-state index contributed by atoms with van der Waals surface area (Å²) in [6.07, 6.45) is 8.32. The van der Waals surface area contributed by atoms with Gasteiger partial charge in [0.1, 0.15) is 5.60 Å². The predicted molar refractivity (Wildman–Crippen MR) is 120 cm³/mol. The molecular weight excluding hydrogens is 392 g/mol. The summed E-state index contributed by atoms with van der Waals surface area (Å²) in [5, 5.41) is 13.4. The van der Waals surface area contributed by atoms with Crippen LogP contribution in [0.5, 0.6) is 0 Å². The summed E-state index contributed by atoms with van der Waals surface area (Å²) in [5.41, 5.74) is 5.21. The van der Waals surface area contributed by atoms with Crippen LogP contribution in [-0.2, 0) is 15.1 Å². The second-order valence-corrected chi connectivity index (χ2v) is 8.22. The molecule has 0 radical (unpaired) electrons. The van der Waals surface area contributed by atoms with Crippen LogP contribution < -0.4 is 11.1 Å². The first-order valence-electron chi connectivity index (χ1n) is 11.2. The summed E-state index contributed by atoms with van der Waals surface area (Å²) < 4.78 is 10.9. The molecular formula is C25H34N2O4. The van der Waals surface area contributed by atoms with Crippen molar-refractivity contribution in [3.05, 3.63) is 71.8 Å². The maximum absolute atomic E-state index is 10.9. The first kappa shape index (κ1) is 23.3. The molecule has 2 aromatic carbocycles. The van der Waals surface area contributed by atoms with Crippen molar-refractivity contribution in [2.24, 2.45) is 11.7 Å². The minimum atomic E-state index is -1.29. The second kappa shape index (κ2) is 11.8. The van der Waals surface area contributed by atoms with Crippen molar-refractivity contribution in [1.82, 2.24) is 5.32 Å². The van der Waals surface area contributed by atoms with Crippen molar-refractivity contribution in [3.8, 4) is 0 Å². The van der Waals surface area contributed by atoms with Crippen LogP contribution in [-0.4, -0.2) is 37.2 Å². The number of hydrogen-bond donors (Lipinski definition) is 3. The number of rotatable bonds is 6. The lowest BCUT2D eigenvalue weighted by Gasteiger charge is -2.29. The zero-order valence-electron chi connectivity index (χ0n) is 18.0. The molecule has 1 aliphatic heterocycles. The van der Waals surface area contributed by atoms with Gasteiger partial charge in [-0.3, -0.25) is 0 Å². The summed E-state index contributed by atoms with van der Waals surface area (Å²) in [5.74, 6) is 0.877. The normalized spacial score (nSPS) is 17.6. The lowest BCUT2D eigenvalue weighted by atomic mass is 9.86. The molecule has 0 aromatic heterocycles. The molecule has 31 heavy (non-hydrogen) atoms. The minimum absolute atomic E-state index is 0.0242. The fourth-order valence-electron chi connectivity index (χ4n) is 4.25. The van der Waals surface area contributed by atoms with Gasteiger partial charge in [-0.2, -0.15) is 0 Å². The Morgan fingerprint density at radius 1 is 0.935 bits per heavy atom. The van der Waals surface area contributed by atoms with E-state index in [1.54, 1.807) is 0 Å². The summed E-state index contributed by atoms with van der Waals surface area (Å²) in [6.45, 7) is 1.63. The Kier molecular flexibility index (Phi) is 8.88. The maximum Gasteiger partial charge on any atom is 0.312 e. The van der Waals surface area contributed by atoms with Gasteiger partial charge in [0, 0.05) is 6.42 Å². The molecule has 168 valence electrons. The number of amides is 2. The topological polar surface area (TPSA) is 93.8 Å². The van der Waals surface area contributed by atoms with Crippen LogP contribution in [0.1, 0.15) is 49.7 Å². The Bertz CT molecular complexity index is 733. The van der Waals surface area contributed by atoms with Crippen LogP contribution in [0.15, 0.2) is 60.7 Å². The van der Waals surface area contributed by atoms with Crippen LogP contribution >= 0.6 is 0 Å². The average Bonchev–Trinajstić information content (AvgIpc) is 3.33. The molecule has 2 amide bonds. The summed E-state index contributed by atoms with van der Waals surface area (Å²) >= 11 is 0. The van der Waals surface area contributed by atoms with Gasteiger partial charge in [-0.1, -0.05) is 92.8 Å². The quantitative estimate of drug-likeness (QED) is 0.653. The van der Waals surface area contributed by atoms with Crippen molar-refractivity contribution < 1.29 is 19.4 Å². The van der Waals surface area contributed by atoms with Gasteiger partial charge in [-0.05, 0) is 17.0 Å². The highest BCUT2D eigenvalue weighted by Crippen LogP contribution is 2.29. The Morgan fingerprint density at radius 2 is 1.45 bits per heavy atom. The van der Waals surface area contributed by atoms with Crippen LogP contribution in [0.3, 0.4) is 0 Å². The third-order valence-electron chi connectivity index (χ3n) is 5.96. The molecule has 0 unspecified atom stereocenters. The number of ether oxygens (including phenoxy) is 2. The highest BCUT2D eigenvalue weighted by atomic mass is 16.7. The molecule has 4 rings (SSSR count). The number of aliphatic hydroxyl groups is 1. The van der Waals surface area contributed by atoms with Gasteiger partial charge in [0.2, 0.25) is 0 Å².